The number of piperidine rings is 1. The van der Waals surface area contributed by atoms with E-state index in [2.05, 4.69) is 10.00 Å². The van der Waals surface area contributed by atoms with Crippen LogP contribution in [-0.2, 0) is 16.6 Å². The summed E-state index contributed by atoms with van der Waals surface area (Å²) in [4.78, 5) is 42.3. The summed E-state index contributed by atoms with van der Waals surface area (Å²) >= 11 is 0. The molecule has 0 N–H and O–H groups in total. The van der Waals surface area contributed by atoms with E-state index in [0.29, 0.717) is 39.1 Å². The van der Waals surface area contributed by atoms with E-state index < -0.39 is 0 Å². The Morgan fingerprint density at radius 2 is 1.88 bits per heavy atom. The van der Waals surface area contributed by atoms with Crippen LogP contribution < -0.4 is 10.5 Å². The van der Waals surface area contributed by atoms with Gasteiger partial charge in [0.15, 0.2) is 0 Å². The SMILES string of the molecule is CCC(=O)N1CCC[C@H](C(=O)N2CCN(c3cnn(C)c(=O)c3)CC2)C1. The Morgan fingerprint density at radius 1 is 1.15 bits per heavy atom. The molecule has 1 aromatic rings. The van der Waals surface area contributed by atoms with Crippen LogP contribution in [0.25, 0.3) is 0 Å². The maximum Gasteiger partial charge on any atom is 0.268 e. The summed E-state index contributed by atoms with van der Waals surface area (Å²) in [5, 5.41) is 4.06. The largest absolute Gasteiger partial charge is 0.367 e. The zero-order chi connectivity index (χ0) is 18.7. The van der Waals surface area contributed by atoms with Crippen LogP contribution in [0.3, 0.4) is 0 Å². The molecule has 0 saturated carbocycles. The fraction of sp³-hybridized carbons (Fsp3) is 0.667. The Bertz CT molecular complexity index is 724. The molecule has 2 aliphatic heterocycles. The molecule has 3 rings (SSSR count). The highest BCUT2D eigenvalue weighted by Gasteiger charge is 2.32. The molecule has 0 spiro atoms. The van der Waals surface area contributed by atoms with E-state index in [1.807, 2.05) is 16.7 Å². The van der Waals surface area contributed by atoms with Crippen LogP contribution in [0.15, 0.2) is 17.1 Å². The predicted molar refractivity (Wildman–Crippen MR) is 97.9 cm³/mol. The van der Waals surface area contributed by atoms with Gasteiger partial charge >= 0.3 is 0 Å². The lowest BCUT2D eigenvalue weighted by Crippen LogP contribution is -2.53. The standard InChI is InChI=1S/C18H27N5O3/c1-3-16(24)23-6-4-5-14(13-23)18(26)22-9-7-21(8-10-22)15-11-17(25)20(2)19-12-15/h11-12,14H,3-10,13H2,1-2H3/t14-/m0/s1. The molecule has 2 saturated heterocycles. The average Bonchev–Trinajstić information content (AvgIpc) is 2.69. The molecule has 2 amide bonds. The second kappa shape index (κ2) is 7.88. The van der Waals surface area contributed by atoms with Gasteiger partial charge in [-0.15, -0.1) is 0 Å². The second-order valence-corrected chi connectivity index (χ2v) is 7.02. The van der Waals surface area contributed by atoms with Crippen molar-refractivity contribution < 1.29 is 9.59 Å². The van der Waals surface area contributed by atoms with Crippen molar-refractivity contribution in [3.05, 3.63) is 22.6 Å². The number of anilines is 1. The minimum Gasteiger partial charge on any atom is -0.367 e. The first-order chi connectivity index (χ1) is 12.5. The van der Waals surface area contributed by atoms with Crippen LogP contribution in [-0.4, -0.2) is 70.7 Å². The summed E-state index contributed by atoms with van der Waals surface area (Å²) in [7, 11) is 1.62. The number of piperazine rings is 1. The van der Waals surface area contributed by atoms with Gasteiger partial charge in [0.1, 0.15) is 0 Å². The highest BCUT2D eigenvalue weighted by Crippen LogP contribution is 2.21. The van der Waals surface area contributed by atoms with Crippen molar-refractivity contribution in [2.45, 2.75) is 26.2 Å². The molecular weight excluding hydrogens is 334 g/mol. The van der Waals surface area contributed by atoms with Gasteiger partial charge < -0.3 is 14.7 Å². The lowest BCUT2D eigenvalue weighted by Gasteiger charge is -2.39. The Kier molecular flexibility index (Phi) is 5.58. The number of likely N-dealkylation sites (tertiary alicyclic amines) is 1. The first kappa shape index (κ1) is 18.4. The van der Waals surface area contributed by atoms with Crippen molar-refractivity contribution >= 4 is 17.5 Å². The Morgan fingerprint density at radius 3 is 2.54 bits per heavy atom. The number of aryl methyl sites for hydroxylation is 1. The quantitative estimate of drug-likeness (QED) is 0.762. The van der Waals surface area contributed by atoms with E-state index in [0.717, 1.165) is 25.1 Å². The molecule has 8 nitrogen and oxygen atoms in total. The van der Waals surface area contributed by atoms with Gasteiger partial charge in [0.05, 0.1) is 17.8 Å². The van der Waals surface area contributed by atoms with Crippen LogP contribution in [0.4, 0.5) is 5.69 Å². The van der Waals surface area contributed by atoms with Gasteiger partial charge in [0, 0.05) is 58.8 Å². The van der Waals surface area contributed by atoms with Crippen LogP contribution in [0.5, 0.6) is 0 Å². The monoisotopic (exact) mass is 361 g/mol. The van der Waals surface area contributed by atoms with E-state index in [1.54, 1.807) is 19.3 Å². The number of nitrogens with zero attached hydrogens (tertiary/aromatic N) is 5. The molecule has 1 atom stereocenters. The summed E-state index contributed by atoms with van der Waals surface area (Å²) in [5.41, 5.74) is 0.668. The number of amides is 2. The summed E-state index contributed by atoms with van der Waals surface area (Å²) in [5.74, 6) is 0.197. The second-order valence-electron chi connectivity index (χ2n) is 7.02. The molecule has 0 aliphatic carbocycles. The van der Waals surface area contributed by atoms with E-state index in [9.17, 15) is 14.4 Å². The average molecular weight is 361 g/mol. The lowest BCUT2D eigenvalue weighted by atomic mass is 9.96. The number of aromatic nitrogens is 2. The third-order valence-electron chi connectivity index (χ3n) is 5.34. The van der Waals surface area contributed by atoms with Crippen molar-refractivity contribution in [1.29, 1.82) is 0 Å². The van der Waals surface area contributed by atoms with Gasteiger partial charge in [-0.3, -0.25) is 14.4 Å². The van der Waals surface area contributed by atoms with Crippen molar-refractivity contribution in [3.63, 3.8) is 0 Å². The first-order valence-corrected chi connectivity index (χ1v) is 9.34. The molecule has 2 fully saturated rings. The highest BCUT2D eigenvalue weighted by molar-refractivity contribution is 5.81. The third kappa shape index (κ3) is 3.89. The van der Waals surface area contributed by atoms with Gasteiger partial charge in [-0.2, -0.15) is 5.10 Å². The van der Waals surface area contributed by atoms with Gasteiger partial charge in [-0.05, 0) is 12.8 Å². The van der Waals surface area contributed by atoms with Gasteiger partial charge in [0.2, 0.25) is 11.8 Å². The zero-order valence-corrected chi connectivity index (χ0v) is 15.6. The van der Waals surface area contributed by atoms with Gasteiger partial charge in [-0.1, -0.05) is 6.92 Å². The number of carbonyl (C=O) groups excluding carboxylic acids is 2. The highest BCUT2D eigenvalue weighted by atomic mass is 16.2. The maximum absolute atomic E-state index is 12.9. The summed E-state index contributed by atoms with van der Waals surface area (Å²) < 4.78 is 1.30. The predicted octanol–water partition coefficient (Wildman–Crippen LogP) is 0.0775. The Balaban J connectivity index is 1.57. The number of rotatable bonds is 3. The van der Waals surface area contributed by atoms with E-state index in [1.165, 1.54) is 4.68 Å². The van der Waals surface area contributed by atoms with E-state index in [4.69, 9.17) is 0 Å². The number of hydrogen-bond donors (Lipinski definition) is 0. The Labute approximate surface area is 153 Å². The lowest BCUT2D eigenvalue weighted by molar-refractivity contribution is -0.141. The molecule has 26 heavy (non-hydrogen) atoms. The van der Waals surface area contributed by atoms with Crippen LogP contribution in [0, 0.1) is 5.92 Å². The zero-order valence-electron chi connectivity index (χ0n) is 15.6. The summed E-state index contributed by atoms with van der Waals surface area (Å²) in [6.07, 6.45) is 3.92. The molecule has 3 heterocycles. The van der Waals surface area contributed by atoms with E-state index in [-0.39, 0.29) is 23.3 Å². The molecule has 0 unspecified atom stereocenters. The molecule has 2 aliphatic rings. The molecule has 0 aromatic carbocycles. The minimum atomic E-state index is -0.135. The summed E-state index contributed by atoms with van der Waals surface area (Å²) in [6, 6.07) is 1.58. The van der Waals surface area contributed by atoms with Gasteiger partial charge in [-0.25, -0.2) is 4.68 Å². The topological polar surface area (TPSA) is 78.8 Å². The van der Waals surface area contributed by atoms with Crippen molar-refractivity contribution in [1.82, 2.24) is 19.6 Å². The summed E-state index contributed by atoms with van der Waals surface area (Å²) in [6.45, 7) is 5.80. The van der Waals surface area contributed by atoms with Crippen LogP contribution >= 0.6 is 0 Å². The molecule has 1 aromatic heterocycles. The molecular formula is C18H27N5O3. The Hall–Kier alpha value is -2.38. The minimum absolute atomic E-state index is 0.0866. The fourth-order valence-corrected chi connectivity index (χ4v) is 3.70. The molecule has 142 valence electrons. The van der Waals surface area contributed by atoms with Crippen molar-refractivity contribution in [3.8, 4) is 0 Å². The van der Waals surface area contributed by atoms with Crippen molar-refractivity contribution in [2.75, 3.05) is 44.2 Å². The van der Waals surface area contributed by atoms with Crippen molar-refractivity contribution in [2.24, 2.45) is 13.0 Å². The first-order valence-electron chi connectivity index (χ1n) is 9.34. The molecule has 8 heteroatoms. The fourth-order valence-electron chi connectivity index (χ4n) is 3.70. The van der Waals surface area contributed by atoms with E-state index >= 15 is 0 Å². The maximum atomic E-state index is 12.9. The van der Waals surface area contributed by atoms with Crippen LogP contribution in [0.1, 0.15) is 26.2 Å². The number of hydrogen-bond acceptors (Lipinski definition) is 5. The molecule has 0 bridgehead atoms. The van der Waals surface area contributed by atoms with Gasteiger partial charge in [0.25, 0.3) is 5.56 Å². The molecule has 0 radical (unpaired) electrons. The van der Waals surface area contributed by atoms with Crippen LogP contribution in [0.2, 0.25) is 0 Å². The normalized spacial score (nSPS) is 21.0. The smallest absolute Gasteiger partial charge is 0.268 e. The third-order valence-corrected chi connectivity index (χ3v) is 5.34. The number of carbonyl (C=O) groups is 2.